The molecule has 1 aromatic heterocycles. The van der Waals surface area contributed by atoms with Crippen molar-refractivity contribution < 1.29 is 0 Å². The second kappa shape index (κ2) is 4.38. The fourth-order valence-electron chi connectivity index (χ4n) is 1.84. The molecule has 1 aliphatic heterocycles. The van der Waals surface area contributed by atoms with Gasteiger partial charge in [-0.25, -0.2) is 4.98 Å². The summed E-state index contributed by atoms with van der Waals surface area (Å²) in [5, 5.41) is 3.45. The van der Waals surface area contributed by atoms with Crippen LogP contribution in [0.5, 0.6) is 0 Å². The summed E-state index contributed by atoms with van der Waals surface area (Å²) in [5.41, 5.74) is 3.14. The highest BCUT2D eigenvalue weighted by molar-refractivity contribution is 7.09. The zero-order valence-corrected chi connectivity index (χ0v) is 9.60. The summed E-state index contributed by atoms with van der Waals surface area (Å²) < 4.78 is 0. The van der Waals surface area contributed by atoms with Crippen LogP contribution in [0.2, 0.25) is 0 Å². The zero-order chi connectivity index (χ0) is 9.97. The summed E-state index contributed by atoms with van der Waals surface area (Å²) in [7, 11) is 0. The first-order chi connectivity index (χ1) is 6.75. The first kappa shape index (κ1) is 10.1. The number of hydrogen-bond donors (Lipinski definition) is 1. The van der Waals surface area contributed by atoms with Crippen LogP contribution in [0.1, 0.15) is 17.5 Å². The Hall–Kier alpha value is -0.450. The maximum atomic E-state index is 4.28. The average Bonchev–Trinajstić information content (AvgIpc) is 2.52. The normalized spacial score (nSPS) is 24.0. The van der Waals surface area contributed by atoms with E-state index in [2.05, 4.69) is 29.0 Å². The SMILES string of the molecule is Cc1ncsc1CN1CCN[C@H](C)C1. The van der Waals surface area contributed by atoms with Gasteiger partial charge < -0.3 is 5.32 Å². The maximum Gasteiger partial charge on any atom is 0.0798 e. The Morgan fingerprint density at radius 1 is 1.71 bits per heavy atom. The van der Waals surface area contributed by atoms with E-state index in [-0.39, 0.29) is 0 Å². The molecule has 1 fully saturated rings. The predicted molar refractivity (Wildman–Crippen MR) is 59.6 cm³/mol. The van der Waals surface area contributed by atoms with Crippen molar-refractivity contribution in [2.75, 3.05) is 19.6 Å². The Morgan fingerprint density at radius 3 is 3.21 bits per heavy atom. The number of thiazole rings is 1. The van der Waals surface area contributed by atoms with Crippen molar-refractivity contribution in [2.45, 2.75) is 26.4 Å². The highest BCUT2D eigenvalue weighted by atomic mass is 32.1. The van der Waals surface area contributed by atoms with Crippen LogP contribution in [0, 0.1) is 6.92 Å². The second-order valence-electron chi connectivity index (χ2n) is 3.95. The number of hydrogen-bond acceptors (Lipinski definition) is 4. The van der Waals surface area contributed by atoms with Gasteiger partial charge in [-0.3, -0.25) is 4.90 Å². The molecule has 2 rings (SSSR count). The molecule has 1 aromatic rings. The van der Waals surface area contributed by atoms with Crippen LogP contribution in [0.3, 0.4) is 0 Å². The molecule has 0 aliphatic carbocycles. The Labute approximate surface area is 89.1 Å². The lowest BCUT2D eigenvalue weighted by atomic mass is 10.2. The van der Waals surface area contributed by atoms with Crippen LogP contribution in [0.25, 0.3) is 0 Å². The van der Waals surface area contributed by atoms with Crippen molar-refractivity contribution >= 4 is 11.3 Å². The van der Waals surface area contributed by atoms with Gasteiger partial charge in [0.15, 0.2) is 0 Å². The minimum absolute atomic E-state index is 0.622. The van der Waals surface area contributed by atoms with Crippen molar-refractivity contribution in [1.29, 1.82) is 0 Å². The monoisotopic (exact) mass is 211 g/mol. The maximum absolute atomic E-state index is 4.28. The third kappa shape index (κ3) is 2.32. The summed E-state index contributed by atoms with van der Waals surface area (Å²) in [6, 6.07) is 0.622. The van der Waals surface area contributed by atoms with Crippen LogP contribution >= 0.6 is 11.3 Å². The second-order valence-corrected chi connectivity index (χ2v) is 4.89. The third-order valence-corrected chi connectivity index (χ3v) is 3.58. The van der Waals surface area contributed by atoms with E-state index in [1.165, 1.54) is 10.6 Å². The van der Waals surface area contributed by atoms with Gasteiger partial charge >= 0.3 is 0 Å². The Balaban J connectivity index is 1.94. The minimum Gasteiger partial charge on any atom is -0.312 e. The molecule has 1 aliphatic rings. The first-order valence-electron chi connectivity index (χ1n) is 5.10. The van der Waals surface area contributed by atoms with Gasteiger partial charge in [0.2, 0.25) is 0 Å². The van der Waals surface area contributed by atoms with Gasteiger partial charge in [-0.2, -0.15) is 0 Å². The average molecular weight is 211 g/mol. The predicted octanol–water partition coefficient (Wildman–Crippen LogP) is 1.25. The summed E-state index contributed by atoms with van der Waals surface area (Å²) in [5.74, 6) is 0. The Morgan fingerprint density at radius 2 is 2.57 bits per heavy atom. The van der Waals surface area contributed by atoms with Crippen LogP contribution in [-0.4, -0.2) is 35.6 Å². The summed E-state index contributed by atoms with van der Waals surface area (Å²) >= 11 is 1.77. The van der Waals surface area contributed by atoms with E-state index in [9.17, 15) is 0 Å². The molecule has 1 saturated heterocycles. The molecule has 1 N–H and O–H groups in total. The number of aryl methyl sites for hydroxylation is 1. The molecular weight excluding hydrogens is 194 g/mol. The van der Waals surface area contributed by atoms with Crippen molar-refractivity contribution in [3.05, 3.63) is 16.1 Å². The van der Waals surface area contributed by atoms with E-state index in [1.807, 2.05) is 5.51 Å². The number of nitrogens with zero attached hydrogens (tertiary/aromatic N) is 2. The highest BCUT2D eigenvalue weighted by Gasteiger charge is 2.16. The van der Waals surface area contributed by atoms with Crippen molar-refractivity contribution in [3.8, 4) is 0 Å². The molecule has 0 unspecified atom stereocenters. The molecule has 4 heteroatoms. The molecule has 0 radical (unpaired) electrons. The number of rotatable bonds is 2. The Kier molecular flexibility index (Phi) is 3.15. The van der Waals surface area contributed by atoms with Gasteiger partial charge in [0.25, 0.3) is 0 Å². The molecule has 14 heavy (non-hydrogen) atoms. The molecule has 2 heterocycles. The molecule has 78 valence electrons. The molecule has 3 nitrogen and oxygen atoms in total. The van der Waals surface area contributed by atoms with E-state index in [4.69, 9.17) is 0 Å². The summed E-state index contributed by atoms with van der Waals surface area (Å²) in [4.78, 5) is 8.19. The fourth-order valence-corrected chi connectivity index (χ4v) is 2.66. The summed E-state index contributed by atoms with van der Waals surface area (Å²) in [6.45, 7) is 8.82. The van der Waals surface area contributed by atoms with Gasteiger partial charge in [-0.05, 0) is 13.8 Å². The fraction of sp³-hybridized carbons (Fsp3) is 0.700. The number of piperazine rings is 1. The lowest BCUT2D eigenvalue weighted by molar-refractivity contribution is 0.201. The van der Waals surface area contributed by atoms with Crippen molar-refractivity contribution in [3.63, 3.8) is 0 Å². The van der Waals surface area contributed by atoms with E-state index < -0.39 is 0 Å². The molecule has 0 aromatic carbocycles. The van der Waals surface area contributed by atoms with Gasteiger partial charge in [0.05, 0.1) is 11.2 Å². The third-order valence-electron chi connectivity index (χ3n) is 2.66. The van der Waals surface area contributed by atoms with Crippen LogP contribution in [0.4, 0.5) is 0 Å². The molecule has 1 atom stereocenters. The lowest BCUT2D eigenvalue weighted by Gasteiger charge is -2.31. The molecular formula is C10H17N3S. The van der Waals surface area contributed by atoms with E-state index in [1.54, 1.807) is 11.3 Å². The summed E-state index contributed by atoms with van der Waals surface area (Å²) in [6.07, 6.45) is 0. The van der Waals surface area contributed by atoms with Crippen molar-refractivity contribution in [2.24, 2.45) is 0 Å². The number of nitrogens with one attached hydrogen (secondary N) is 1. The largest absolute Gasteiger partial charge is 0.312 e. The van der Waals surface area contributed by atoms with E-state index >= 15 is 0 Å². The van der Waals surface area contributed by atoms with Crippen LogP contribution in [0.15, 0.2) is 5.51 Å². The van der Waals surface area contributed by atoms with Crippen molar-refractivity contribution in [1.82, 2.24) is 15.2 Å². The van der Waals surface area contributed by atoms with E-state index in [0.29, 0.717) is 6.04 Å². The zero-order valence-electron chi connectivity index (χ0n) is 8.79. The number of aromatic nitrogens is 1. The van der Waals surface area contributed by atoms with E-state index in [0.717, 1.165) is 26.2 Å². The molecule has 0 spiro atoms. The highest BCUT2D eigenvalue weighted by Crippen LogP contribution is 2.15. The molecule has 0 bridgehead atoms. The van der Waals surface area contributed by atoms with Gasteiger partial charge in [0, 0.05) is 37.1 Å². The van der Waals surface area contributed by atoms with Gasteiger partial charge in [-0.15, -0.1) is 11.3 Å². The van der Waals surface area contributed by atoms with Gasteiger partial charge in [-0.1, -0.05) is 0 Å². The van der Waals surface area contributed by atoms with Crippen LogP contribution in [-0.2, 0) is 6.54 Å². The smallest absolute Gasteiger partial charge is 0.0798 e. The molecule has 0 saturated carbocycles. The standard InChI is InChI=1S/C10H17N3S/c1-8-5-13(4-3-11-8)6-10-9(2)12-7-14-10/h7-8,11H,3-6H2,1-2H3/t8-/m1/s1. The quantitative estimate of drug-likeness (QED) is 0.798. The van der Waals surface area contributed by atoms with Crippen LogP contribution < -0.4 is 5.32 Å². The molecule has 0 amide bonds. The minimum atomic E-state index is 0.622. The van der Waals surface area contributed by atoms with Gasteiger partial charge in [0.1, 0.15) is 0 Å². The topological polar surface area (TPSA) is 28.2 Å². The lowest BCUT2D eigenvalue weighted by Crippen LogP contribution is -2.48. The first-order valence-corrected chi connectivity index (χ1v) is 5.98. The Bertz CT molecular complexity index is 297.